The molecule has 7 rings (SSSR count). The van der Waals surface area contributed by atoms with Gasteiger partial charge in [-0.2, -0.15) is 0 Å². The van der Waals surface area contributed by atoms with E-state index in [1.54, 1.807) is 12.1 Å². The molecule has 392 valence electrons. The molecule has 0 heterocycles. The first kappa shape index (κ1) is 55.8. The predicted molar refractivity (Wildman–Crippen MR) is 330 cm³/mol. The molecule has 0 N–H and O–H groups in total. The largest absolute Gasteiger partial charge is 0.378 e. The highest BCUT2D eigenvalue weighted by Crippen LogP contribution is 2.39. The minimum absolute atomic E-state index is 0.200. The van der Waals surface area contributed by atoms with Gasteiger partial charge in [0, 0.05) is 108 Å². The summed E-state index contributed by atoms with van der Waals surface area (Å²) in [6.45, 7) is 24.5. The van der Waals surface area contributed by atoms with Crippen LogP contribution in [0.4, 0.5) is 28.4 Å². The average Bonchev–Trinajstić information content (AvgIpc) is 3.33. The third-order valence-electron chi connectivity index (χ3n) is 12.4. The van der Waals surface area contributed by atoms with Gasteiger partial charge in [0.1, 0.15) is 0 Å². The number of hydrogen-bond donors (Lipinski definition) is 0. The van der Waals surface area contributed by atoms with Crippen molar-refractivity contribution in [2.45, 2.75) is 106 Å². The molecule has 0 spiro atoms. The summed E-state index contributed by atoms with van der Waals surface area (Å²) in [4.78, 5) is 10.5. The van der Waals surface area contributed by atoms with Crippen molar-refractivity contribution in [3.05, 3.63) is 197 Å². The van der Waals surface area contributed by atoms with Crippen molar-refractivity contribution in [2.75, 3.05) is 95.0 Å². The molecule has 5 heteroatoms. The van der Waals surface area contributed by atoms with Gasteiger partial charge >= 0.3 is 0 Å². The Morgan fingerprint density at radius 1 is 0.301 bits per heavy atom. The molecule has 0 radical (unpaired) electrons. The number of rotatable bonds is 7. The number of anilines is 5. The van der Waals surface area contributed by atoms with E-state index in [1.165, 1.54) is 72.8 Å². The van der Waals surface area contributed by atoms with Crippen LogP contribution < -0.4 is 24.5 Å². The normalized spacial score (nSPS) is 11.7. The van der Waals surface area contributed by atoms with Crippen molar-refractivity contribution in [1.29, 1.82) is 0 Å². The van der Waals surface area contributed by atoms with Crippen molar-refractivity contribution in [3.63, 3.8) is 0 Å². The summed E-state index contributed by atoms with van der Waals surface area (Å²) in [7, 11) is 20.5. The molecule has 0 aliphatic rings. The van der Waals surface area contributed by atoms with E-state index in [2.05, 4.69) is 292 Å². The zero-order chi connectivity index (χ0) is 57.5. The van der Waals surface area contributed by atoms with E-state index in [0.29, 0.717) is 5.56 Å². The number of nitrogens with zero attached hydrogens (tertiary/aromatic N) is 5. The molecule has 0 bridgehead atoms. The van der Waals surface area contributed by atoms with Gasteiger partial charge in [-0.15, -0.1) is 0 Å². The summed E-state index contributed by atoms with van der Waals surface area (Å²) < 4.78 is 22.0. The van der Waals surface area contributed by atoms with Crippen LogP contribution in [0.5, 0.6) is 0 Å². The standard InChI is InChI=1S/C20H19N.C16H27N.C12H19N.2C10H15N/c1-21(2)20-18(16-10-5-3-6-11-16)14-9-15-19(20)17-12-7-4-8-13-17;1-15(2,3)12-9-13(16(4,5)6)11-14(10-12)17(7)8;1-12(2,3)10-6-8-11(9-7-10)13(4)5;2*1-8-5-9(2)7-10(6-8)11(3)4/h3-15H,1-2H3;9-11H,1-8H3;6-9H,1-5H3;2*5-7H,1-4H3/i;;;1D3;. The first-order valence-corrected chi connectivity index (χ1v) is 25.7. The summed E-state index contributed by atoms with van der Waals surface area (Å²) in [6.07, 6.45) is 0. The number of aryl methyl sites for hydroxylation is 4. The molecule has 0 aliphatic heterocycles. The van der Waals surface area contributed by atoms with Crippen LogP contribution >= 0.6 is 0 Å². The SMILES string of the molecule is CN(C)c1c(-c2ccccc2)cccc1-c1ccccc1.CN(C)c1cc(C(C)(C)C)cc(C(C)(C)C)c1.CN(C)c1ccc(C(C)(C)C)cc1.Cc1cc(C)cc(N(C)C)c1.[2H]C([2H])([2H])c1cc(C)cc(N(C)C)c1. The van der Waals surface area contributed by atoms with Crippen molar-refractivity contribution < 1.29 is 4.11 Å². The Labute approximate surface area is 450 Å². The van der Waals surface area contributed by atoms with Crippen LogP contribution in [-0.2, 0) is 16.2 Å². The Morgan fingerprint density at radius 2 is 0.630 bits per heavy atom. The van der Waals surface area contributed by atoms with Gasteiger partial charge in [-0.25, -0.2) is 0 Å². The Bertz CT molecular complexity index is 2730. The summed E-state index contributed by atoms with van der Waals surface area (Å²) in [6, 6.07) is 55.3. The van der Waals surface area contributed by atoms with E-state index in [0.717, 1.165) is 11.3 Å². The zero-order valence-electron chi connectivity index (χ0n) is 52.2. The van der Waals surface area contributed by atoms with E-state index >= 15 is 0 Å². The van der Waals surface area contributed by atoms with Gasteiger partial charge in [-0.3, -0.25) is 0 Å². The van der Waals surface area contributed by atoms with Gasteiger partial charge < -0.3 is 24.5 Å². The molecule has 0 amide bonds. The molecule has 0 fully saturated rings. The van der Waals surface area contributed by atoms with Crippen molar-refractivity contribution in [1.82, 2.24) is 0 Å². The van der Waals surface area contributed by atoms with E-state index in [4.69, 9.17) is 4.11 Å². The third kappa shape index (κ3) is 19.8. The molecule has 0 saturated heterocycles. The van der Waals surface area contributed by atoms with Crippen molar-refractivity contribution in [3.8, 4) is 22.3 Å². The van der Waals surface area contributed by atoms with Crippen molar-refractivity contribution >= 4 is 28.4 Å². The fraction of sp³-hybridized carbons (Fsp3) is 0.382. The van der Waals surface area contributed by atoms with Gasteiger partial charge in [0.25, 0.3) is 0 Å². The molecular weight excluding hydrogens is 887 g/mol. The van der Waals surface area contributed by atoms with Gasteiger partial charge in [0.2, 0.25) is 0 Å². The molecule has 0 saturated carbocycles. The average molecular weight is 986 g/mol. The highest BCUT2D eigenvalue weighted by molar-refractivity contribution is 5.90. The molecule has 73 heavy (non-hydrogen) atoms. The fourth-order valence-electron chi connectivity index (χ4n) is 7.95. The minimum atomic E-state index is -2.02. The first-order chi connectivity index (χ1) is 35.1. The van der Waals surface area contributed by atoms with Crippen LogP contribution in [0.15, 0.2) is 158 Å². The molecular formula is C68H95N5. The summed E-state index contributed by atoms with van der Waals surface area (Å²) in [5.41, 5.74) is 19.9. The van der Waals surface area contributed by atoms with Crippen LogP contribution in [-0.4, -0.2) is 70.5 Å². The van der Waals surface area contributed by atoms with E-state index in [-0.39, 0.29) is 16.2 Å². The van der Waals surface area contributed by atoms with Crippen LogP contribution in [0.2, 0.25) is 0 Å². The lowest BCUT2D eigenvalue weighted by Gasteiger charge is -2.27. The van der Waals surface area contributed by atoms with E-state index in [1.807, 2.05) is 32.0 Å². The second-order valence-corrected chi connectivity index (χ2v) is 23.4. The first-order valence-electron chi connectivity index (χ1n) is 27.2. The van der Waals surface area contributed by atoms with Gasteiger partial charge in [-0.05, 0) is 142 Å². The fourth-order valence-corrected chi connectivity index (χ4v) is 7.95. The summed E-state index contributed by atoms with van der Waals surface area (Å²) in [5, 5.41) is 0. The maximum atomic E-state index is 7.32. The zero-order valence-corrected chi connectivity index (χ0v) is 49.2. The third-order valence-corrected chi connectivity index (χ3v) is 12.4. The highest BCUT2D eigenvalue weighted by Gasteiger charge is 2.21. The van der Waals surface area contributed by atoms with E-state index < -0.39 is 6.85 Å². The number of hydrogen-bond acceptors (Lipinski definition) is 5. The monoisotopic (exact) mass is 985 g/mol. The molecule has 0 aromatic heterocycles. The highest BCUT2D eigenvalue weighted by atomic mass is 15.1. The van der Waals surface area contributed by atoms with Crippen LogP contribution in [0.1, 0.15) is 105 Å². The van der Waals surface area contributed by atoms with Gasteiger partial charge in [0.15, 0.2) is 0 Å². The Kier molecular flexibility index (Phi) is 20.7. The Balaban J connectivity index is 0.000000255. The quantitative estimate of drug-likeness (QED) is 0.158. The summed E-state index contributed by atoms with van der Waals surface area (Å²) >= 11 is 0. The van der Waals surface area contributed by atoms with Crippen molar-refractivity contribution in [2.24, 2.45) is 0 Å². The lowest BCUT2D eigenvalue weighted by atomic mass is 9.80. The molecule has 7 aromatic rings. The van der Waals surface area contributed by atoms with E-state index in [9.17, 15) is 0 Å². The molecule has 0 atom stereocenters. The van der Waals surface area contributed by atoms with Gasteiger partial charge in [-0.1, -0.05) is 172 Å². The Hall–Kier alpha value is -6.46. The van der Waals surface area contributed by atoms with Crippen LogP contribution in [0.25, 0.3) is 22.3 Å². The number of para-hydroxylation sites is 1. The van der Waals surface area contributed by atoms with Crippen LogP contribution in [0, 0.1) is 27.6 Å². The summed E-state index contributed by atoms with van der Waals surface area (Å²) in [5.74, 6) is 0. The molecule has 5 nitrogen and oxygen atoms in total. The smallest absolute Gasteiger partial charge is 0.0520 e. The molecule has 0 aliphatic carbocycles. The predicted octanol–water partition coefficient (Wildman–Crippen LogP) is 17.2. The topological polar surface area (TPSA) is 16.2 Å². The van der Waals surface area contributed by atoms with Gasteiger partial charge in [0.05, 0.1) is 5.69 Å². The lowest BCUT2D eigenvalue weighted by Crippen LogP contribution is -2.19. The molecule has 7 aromatic carbocycles. The number of benzene rings is 7. The maximum absolute atomic E-state index is 7.32. The van der Waals surface area contributed by atoms with Crippen LogP contribution in [0.3, 0.4) is 0 Å². The second kappa shape index (κ2) is 27.0. The molecule has 0 unspecified atom stereocenters. The maximum Gasteiger partial charge on any atom is 0.0520 e. The lowest BCUT2D eigenvalue weighted by molar-refractivity contribution is 0.568. The minimum Gasteiger partial charge on any atom is -0.378 e. The Morgan fingerprint density at radius 3 is 0.945 bits per heavy atom. The second-order valence-electron chi connectivity index (χ2n) is 23.4.